The first-order valence-corrected chi connectivity index (χ1v) is 8.29. The number of para-hydroxylation sites is 1. The standard InChI is InChI=1S/C19H14N4O6/c1-21-14-7-6-11(23(26)27)8-13(14)19(25)28-10-17(24)22-18-12-4-2-3-5-15(12)29-16(18)9-20/h2-8,21H,10H2,1H3,(H,22,24). The van der Waals surface area contributed by atoms with Gasteiger partial charge in [0, 0.05) is 30.3 Å². The Hall–Kier alpha value is -4.39. The second kappa shape index (κ2) is 8.10. The van der Waals surface area contributed by atoms with Crippen LogP contribution in [0.25, 0.3) is 11.0 Å². The Bertz CT molecular complexity index is 1160. The molecule has 0 bridgehead atoms. The van der Waals surface area contributed by atoms with E-state index in [-0.39, 0.29) is 22.7 Å². The fourth-order valence-electron chi connectivity index (χ4n) is 2.67. The first kappa shape index (κ1) is 19.4. The number of nitrogens with one attached hydrogen (secondary N) is 2. The summed E-state index contributed by atoms with van der Waals surface area (Å²) in [5.74, 6) is -1.69. The summed E-state index contributed by atoms with van der Waals surface area (Å²) in [6.45, 7) is -0.658. The lowest BCUT2D eigenvalue weighted by atomic mass is 10.1. The Morgan fingerprint density at radius 1 is 1.28 bits per heavy atom. The monoisotopic (exact) mass is 394 g/mol. The van der Waals surface area contributed by atoms with Crippen molar-refractivity contribution in [2.24, 2.45) is 0 Å². The van der Waals surface area contributed by atoms with Crippen molar-refractivity contribution < 1.29 is 23.7 Å². The number of nitrogens with zero attached hydrogens (tertiary/aromatic N) is 2. The van der Waals surface area contributed by atoms with E-state index in [1.54, 1.807) is 24.3 Å². The van der Waals surface area contributed by atoms with Gasteiger partial charge in [0.05, 0.1) is 10.5 Å². The van der Waals surface area contributed by atoms with Crippen LogP contribution in [0.1, 0.15) is 16.1 Å². The van der Waals surface area contributed by atoms with Gasteiger partial charge >= 0.3 is 5.97 Å². The topological polar surface area (TPSA) is 148 Å². The first-order chi connectivity index (χ1) is 13.9. The van der Waals surface area contributed by atoms with E-state index in [4.69, 9.17) is 9.15 Å². The van der Waals surface area contributed by atoms with Gasteiger partial charge in [0.1, 0.15) is 17.3 Å². The van der Waals surface area contributed by atoms with Crippen LogP contribution in [0.15, 0.2) is 46.9 Å². The van der Waals surface area contributed by atoms with Crippen molar-refractivity contribution in [3.63, 3.8) is 0 Å². The SMILES string of the molecule is CNc1ccc([N+](=O)[O-])cc1C(=O)OCC(=O)Nc1c(C#N)oc2ccccc12. The molecule has 0 aliphatic rings. The maximum Gasteiger partial charge on any atom is 0.341 e. The van der Waals surface area contributed by atoms with Gasteiger partial charge in [-0.1, -0.05) is 12.1 Å². The lowest BCUT2D eigenvalue weighted by Gasteiger charge is -2.09. The molecule has 1 heterocycles. The molecule has 1 aromatic heterocycles. The van der Waals surface area contributed by atoms with Gasteiger partial charge in [-0.15, -0.1) is 0 Å². The number of anilines is 2. The molecule has 2 N–H and O–H groups in total. The molecule has 0 fully saturated rings. The van der Waals surface area contributed by atoms with Gasteiger partial charge < -0.3 is 19.8 Å². The van der Waals surface area contributed by atoms with Crippen LogP contribution in [0.4, 0.5) is 17.1 Å². The highest BCUT2D eigenvalue weighted by atomic mass is 16.6. The third-order valence-electron chi connectivity index (χ3n) is 4.00. The average molecular weight is 394 g/mol. The number of ether oxygens (including phenoxy) is 1. The number of fused-ring (bicyclic) bond motifs is 1. The summed E-state index contributed by atoms with van der Waals surface area (Å²) in [7, 11) is 1.54. The molecular formula is C19H14N4O6. The van der Waals surface area contributed by atoms with Crippen molar-refractivity contribution in [3.05, 3.63) is 63.9 Å². The van der Waals surface area contributed by atoms with Crippen molar-refractivity contribution in [1.82, 2.24) is 0 Å². The molecule has 0 saturated carbocycles. The Morgan fingerprint density at radius 3 is 2.72 bits per heavy atom. The predicted molar refractivity (Wildman–Crippen MR) is 102 cm³/mol. The second-order valence-corrected chi connectivity index (χ2v) is 5.78. The van der Waals surface area contributed by atoms with Gasteiger partial charge in [0.2, 0.25) is 5.76 Å². The number of nitro groups is 1. The zero-order chi connectivity index (χ0) is 21.0. The molecule has 0 unspecified atom stereocenters. The number of furan rings is 1. The minimum Gasteiger partial charge on any atom is -0.452 e. The van der Waals surface area contributed by atoms with Gasteiger partial charge in [0.25, 0.3) is 11.6 Å². The smallest absolute Gasteiger partial charge is 0.341 e. The van der Waals surface area contributed by atoms with E-state index in [1.807, 2.05) is 6.07 Å². The lowest BCUT2D eigenvalue weighted by Crippen LogP contribution is -2.21. The van der Waals surface area contributed by atoms with Crippen LogP contribution >= 0.6 is 0 Å². The van der Waals surface area contributed by atoms with E-state index in [0.29, 0.717) is 16.7 Å². The number of rotatable bonds is 6. The molecule has 3 rings (SSSR count). The van der Waals surface area contributed by atoms with Gasteiger partial charge in [-0.25, -0.2) is 4.79 Å². The predicted octanol–water partition coefficient (Wildman–Crippen LogP) is 3.05. The van der Waals surface area contributed by atoms with Crippen LogP contribution in [0.5, 0.6) is 0 Å². The highest BCUT2D eigenvalue weighted by Crippen LogP contribution is 2.30. The zero-order valence-electron chi connectivity index (χ0n) is 15.1. The van der Waals surface area contributed by atoms with Gasteiger partial charge in [-0.05, 0) is 18.2 Å². The van der Waals surface area contributed by atoms with E-state index >= 15 is 0 Å². The molecule has 2 aromatic carbocycles. The Morgan fingerprint density at radius 2 is 2.03 bits per heavy atom. The fraction of sp³-hybridized carbons (Fsp3) is 0.105. The highest BCUT2D eigenvalue weighted by Gasteiger charge is 2.20. The number of hydrogen-bond acceptors (Lipinski definition) is 8. The van der Waals surface area contributed by atoms with Crippen LogP contribution in [0.3, 0.4) is 0 Å². The summed E-state index contributed by atoms with van der Waals surface area (Å²) in [4.78, 5) is 34.8. The third-order valence-corrected chi connectivity index (χ3v) is 4.00. The number of nitro benzene ring substituents is 1. The number of hydrogen-bond donors (Lipinski definition) is 2. The van der Waals surface area contributed by atoms with Crippen molar-refractivity contribution >= 4 is 39.9 Å². The van der Waals surface area contributed by atoms with Crippen LogP contribution in [0, 0.1) is 21.4 Å². The molecular weight excluding hydrogens is 380 g/mol. The molecule has 10 heteroatoms. The van der Waals surface area contributed by atoms with Crippen molar-refractivity contribution in [1.29, 1.82) is 5.26 Å². The molecule has 29 heavy (non-hydrogen) atoms. The van der Waals surface area contributed by atoms with Crippen LogP contribution < -0.4 is 10.6 Å². The molecule has 0 atom stereocenters. The Balaban J connectivity index is 1.74. The van der Waals surface area contributed by atoms with Crippen LogP contribution in [0.2, 0.25) is 0 Å². The largest absolute Gasteiger partial charge is 0.452 e. The van der Waals surface area contributed by atoms with Gasteiger partial charge in [-0.2, -0.15) is 5.26 Å². The zero-order valence-corrected chi connectivity index (χ0v) is 15.1. The van der Waals surface area contributed by atoms with Gasteiger partial charge in [0.15, 0.2) is 6.61 Å². The van der Waals surface area contributed by atoms with Crippen molar-refractivity contribution in [2.45, 2.75) is 0 Å². The molecule has 0 radical (unpaired) electrons. The maximum atomic E-state index is 12.3. The van der Waals surface area contributed by atoms with Crippen LogP contribution in [-0.4, -0.2) is 30.5 Å². The number of benzene rings is 2. The van der Waals surface area contributed by atoms with E-state index in [2.05, 4.69) is 10.6 Å². The molecule has 3 aromatic rings. The molecule has 10 nitrogen and oxygen atoms in total. The summed E-state index contributed by atoms with van der Waals surface area (Å²) in [5.41, 5.74) is 0.542. The molecule has 0 aliphatic carbocycles. The molecule has 0 aliphatic heterocycles. The normalized spacial score (nSPS) is 10.2. The number of esters is 1. The maximum absolute atomic E-state index is 12.3. The lowest BCUT2D eigenvalue weighted by molar-refractivity contribution is -0.384. The molecule has 1 amide bonds. The highest BCUT2D eigenvalue weighted by molar-refractivity contribution is 6.04. The van der Waals surface area contributed by atoms with E-state index in [9.17, 15) is 25.0 Å². The number of nitriles is 1. The fourth-order valence-corrected chi connectivity index (χ4v) is 2.67. The molecule has 0 spiro atoms. The third kappa shape index (κ3) is 3.98. The van der Waals surface area contributed by atoms with Crippen molar-refractivity contribution in [3.8, 4) is 6.07 Å². The second-order valence-electron chi connectivity index (χ2n) is 5.78. The number of carbonyl (C=O) groups excluding carboxylic acids is 2. The van der Waals surface area contributed by atoms with Crippen molar-refractivity contribution in [2.75, 3.05) is 24.3 Å². The Labute approximate surface area is 163 Å². The number of amides is 1. The summed E-state index contributed by atoms with van der Waals surface area (Å²) < 4.78 is 10.3. The average Bonchev–Trinajstić information content (AvgIpc) is 3.09. The van der Waals surface area contributed by atoms with E-state index < -0.39 is 23.4 Å². The minimum atomic E-state index is -0.911. The van der Waals surface area contributed by atoms with Gasteiger partial charge in [-0.3, -0.25) is 14.9 Å². The summed E-state index contributed by atoms with van der Waals surface area (Å²) in [6, 6.07) is 12.3. The first-order valence-electron chi connectivity index (χ1n) is 8.29. The number of carbonyl (C=O) groups is 2. The van der Waals surface area contributed by atoms with E-state index in [0.717, 1.165) is 6.07 Å². The summed E-state index contributed by atoms with van der Waals surface area (Å²) in [6.07, 6.45) is 0. The summed E-state index contributed by atoms with van der Waals surface area (Å²) in [5, 5.41) is 25.9. The molecule has 0 saturated heterocycles. The summed E-state index contributed by atoms with van der Waals surface area (Å²) >= 11 is 0. The Kier molecular flexibility index (Phi) is 5.41. The number of non-ortho nitro benzene ring substituents is 1. The van der Waals surface area contributed by atoms with E-state index in [1.165, 1.54) is 19.2 Å². The molecule has 146 valence electrons. The minimum absolute atomic E-state index is 0.0815. The van der Waals surface area contributed by atoms with Crippen LogP contribution in [-0.2, 0) is 9.53 Å². The quantitative estimate of drug-likeness (QED) is 0.368.